The monoisotopic (exact) mass is 218 g/mol. The number of nitrogens with zero attached hydrogens (tertiary/aromatic N) is 1. The van der Waals surface area contributed by atoms with E-state index in [2.05, 4.69) is 32.4 Å². The van der Waals surface area contributed by atoms with Gasteiger partial charge in [0.15, 0.2) is 0 Å². The summed E-state index contributed by atoms with van der Waals surface area (Å²) in [6.07, 6.45) is 0. The number of amides is 2. The Hall–Kier alpha value is -0.380. The summed E-state index contributed by atoms with van der Waals surface area (Å²) >= 11 is 1.47. The highest BCUT2D eigenvalue weighted by atomic mass is 32.2. The van der Waals surface area contributed by atoms with Crippen LogP contribution in [-0.4, -0.2) is 29.3 Å². The largest absolute Gasteiger partial charge is 0.327 e. The number of carbonyl (C=O) groups excluding carboxylic acids is 1. The molecular weight excluding hydrogens is 196 g/mol. The fraction of sp³-hybridized carbons (Fsp3) is 0.900. The summed E-state index contributed by atoms with van der Waals surface area (Å²) in [5.74, 6) is 0.518. The van der Waals surface area contributed by atoms with Crippen molar-refractivity contribution < 1.29 is 4.79 Å². The molecule has 3 nitrogen and oxygen atoms in total. The molecule has 0 rings (SSSR count). The SMILES string of the molecule is CCN(CC(C)C)C(=O)NSC(C)C. The molecule has 2 amide bonds. The Kier molecular flexibility index (Phi) is 6.79. The standard InChI is InChI=1S/C10H22N2OS/c1-6-12(7-8(2)3)10(13)11-14-9(4)5/h8-9H,6-7H2,1-5H3,(H,11,13). The van der Waals surface area contributed by atoms with E-state index in [0.29, 0.717) is 11.2 Å². The Bertz CT molecular complexity index is 172. The van der Waals surface area contributed by atoms with E-state index in [1.807, 2.05) is 11.8 Å². The molecule has 0 unspecified atom stereocenters. The second kappa shape index (κ2) is 6.98. The van der Waals surface area contributed by atoms with Crippen molar-refractivity contribution >= 4 is 18.0 Å². The van der Waals surface area contributed by atoms with Crippen LogP contribution >= 0.6 is 11.9 Å². The van der Waals surface area contributed by atoms with E-state index >= 15 is 0 Å². The zero-order valence-electron chi connectivity index (χ0n) is 9.83. The maximum absolute atomic E-state index is 11.6. The van der Waals surface area contributed by atoms with E-state index in [4.69, 9.17) is 0 Å². The Labute approximate surface area is 91.8 Å². The van der Waals surface area contributed by atoms with E-state index in [1.54, 1.807) is 0 Å². The van der Waals surface area contributed by atoms with Crippen molar-refractivity contribution in [2.45, 2.75) is 39.9 Å². The highest BCUT2D eigenvalue weighted by Gasteiger charge is 2.12. The third kappa shape index (κ3) is 6.13. The van der Waals surface area contributed by atoms with E-state index in [0.717, 1.165) is 13.1 Å². The van der Waals surface area contributed by atoms with Crippen LogP contribution in [-0.2, 0) is 0 Å². The smallest absolute Gasteiger partial charge is 0.324 e. The van der Waals surface area contributed by atoms with Gasteiger partial charge in [0.25, 0.3) is 0 Å². The molecule has 84 valence electrons. The molecule has 0 aromatic rings. The quantitative estimate of drug-likeness (QED) is 0.720. The highest BCUT2D eigenvalue weighted by molar-refractivity contribution is 7.98. The average molecular weight is 218 g/mol. The van der Waals surface area contributed by atoms with Crippen LogP contribution < -0.4 is 4.72 Å². The molecule has 4 heteroatoms. The van der Waals surface area contributed by atoms with Crippen molar-refractivity contribution in [3.8, 4) is 0 Å². The third-order valence-electron chi connectivity index (χ3n) is 1.64. The van der Waals surface area contributed by atoms with Crippen molar-refractivity contribution in [2.75, 3.05) is 13.1 Å². The summed E-state index contributed by atoms with van der Waals surface area (Å²) in [6, 6.07) is 0.0277. The average Bonchev–Trinajstić information content (AvgIpc) is 2.09. The molecule has 0 aliphatic heterocycles. The lowest BCUT2D eigenvalue weighted by Crippen LogP contribution is -2.39. The fourth-order valence-corrected chi connectivity index (χ4v) is 1.49. The van der Waals surface area contributed by atoms with E-state index in [1.165, 1.54) is 11.9 Å². The van der Waals surface area contributed by atoms with Crippen molar-refractivity contribution in [1.29, 1.82) is 0 Å². The number of hydrogen-bond donors (Lipinski definition) is 1. The Morgan fingerprint density at radius 2 is 1.93 bits per heavy atom. The van der Waals surface area contributed by atoms with Gasteiger partial charge in [-0.05, 0) is 24.8 Å². The molecule has 0 heterocycles. The van der Waals surface area contributed by atoms with Gasteiger partial charge in [-0.25, -0.2) is 4.79 Å². The van der Waals surface area contributed by atoms with Gasteiger partial charge in [-0.2, -0.15) is 0 Å². The van der Waals surface area contributed by atoms with E-state index in [9.17, 15) is 4.79 Å². The van der Waals surface area contributed by atoms with Gasteiger partial charge in [-0.3, -0.25) is 4.72 Å². The van der Waals surface area contributed by atoms with Crippen LogP contribution in [0.15, 0.2) is 0 Å². The number of carbonyl (C=O) groups is 1. The second-order valence-corrected chi connectivity index (χ2v) is 5.39. The van der Waals surface area contributed by atoms with Crippen LogP contribution in [0.1, 0.15) is 34.6 Å². The third-order valence-corrected chi connectivity index (χ3v) is 2.40. The topological polar surface area (TPSA) is 32.3 Å². The first kappa shape index (κ1) is 13.6. The van der Waals surface area contributed by atoms with Crippen LogP contribution in [0.4, 0.5) is 4.79 Å². The molecule has 14 heavy (non-hydrogen) atoms. The minimum Gasteiger partial charge on any atom is -0.324 e. The van der Waals surface area contributed by atoms with Crippen molar-refractivity contribution in [1.82, 2.24) is 9.62 Å². The van der Waals surface area contributed by atoms with Gasteiger partial charge in [0, 0.05) is 18.3 Å². The zero-order chi connectivity index (χ0) is 11.1. The van der Waals surface area contributed by atoms with Crippen LogP contribution in [0, 0.1) is 5.92 Å². The summed E-state index contributed by atoms with van der Waals surface area (Å²) in [7, 11) is 0. The van der Waals surface area contributed by atoms with Gasteiger partial charge in [-0.1, -0.05) is 27.7 Å². The Morgan fingerprint density at radius 3 is 2.29 bits per heavy atom. The molecule has 0 saturated carbocycles. The molecule has 1 N–H and O–H groups in total. The molecule has 0 bridgehead atoms. The fourth-order valence-electron chi connectivity index (χ4n) is 1.03. The summed E-state index contributed by atoms with van der Waals surface area (Å²) in [4.78, 5) is 13.4. The van der Waals surface area contributed by atoms with Crippen molar-refractivity contribution in [3.05, 3.63) is 0 Å². The van der Waals surface area contributed by atoms with E-state index < -0.39 is 0 Å². The molecule has 0 saturated heterocycles. The van der Waals surface area contributed by atoms with E-state index in [-0.39, 0.29) is 6.03 Å². The van der Waals surface area contributed by atoms with Gasteiger partial charge in [-0.15, -0.1) is 0 Å². The maximum atomic E-state index is 11.6. The molecule has 0 aliphatic carbocycles. The number of nitrogens with one attached hydrogen (secondary N) is 1. The van der Waals surface area contributed by atoms with Crippen LogP contribution in [0.3, 0.4) is 0 Å². The summed E-state index contributed by atoms with van der Waals surface area (Å²) in [5, 5.41) is 0.428. The second-order valence-electron chi connectivity index (χ2n) is 4.01. The van der Waals surface area contributed by atoms with Gasteiger partial charge >= 0.3 is 6.03 Å². The predicted molar refractivity (Wildman–Crippen MR) is 63.3 cm³/mol. The number of hydrogen-bond acceptors (Lipinski definition) is 2. The maximum Gasteiger partial charge on any atom is 0.327 e. The Morgan fingerprint density at radius 1 is 1.36 bits per heavy atom. The van der Waals surface area contributed by atoms with Crippen LogP contribution in [0.2, 0.25) is 0 Å². The minimum atomic E-state index is 0.0277. The van der Waals surface area contributed by atoms with Crippen molar-refractivity contribution in [3.63, 3.8) is 0 Å². The molecule has 0 aromatic heterocycles. The first-order valence-corrected chi connectivity index (χ1v) is 6.05. The van der Waals surface area contributed by atoms with Gasteiger partial charge < -0.3 is 4.90 Å². The molecule has 0 aromatic carbocycles. The number of urea groups is 1. The normalized spacial score (nSPS) is 10.8. The highest BCUT2D eigenvalue weighted by Crippen LogP contribution is 2.06. The summed E-state index contributed by atoms with van der Waals surface area (Å²) < 4.78 is 2.84. The molecule has 0 aliphatic rings. The first-order valence-electron chi connectivity index (χ1n) is 5.17. The molecule has 0 spiro atoms. The molecule has 0 atom stereocenters. The number of rotatable bonds is 5. The molecule has 0 radical (unpaired) electrons. The Balaban J connectivity index is 3.92. The molecular formula is C10H22N2OS. The molecule has 0 fully saturated rings. The lowest BCUT2D eigenvalue weighted by molar-refractivity contribution is 0.200. The lowest BCUT2D eigenvalue weighted by Gasteiger charge is -2.23. The van der Waals surface area contributed by atoms with Crippen LogP contribution in [0.5, 0.6) is 0 Å². The predicted octanol–water partition coefficient (Wildman–Crippen LogP) is 2.73. The van der Waals surface area contributed by atoms with Gasteiger partial charge in [0.2, 0.25) is 0 Å². The summed E-state index contributed by atoms with van der Waals surface area (Å²) in [5.41, 5.74) is 0. The minimum absolute atomic E-state index is 0.0277. The zero-order valence-corrected chi connectivity index (χ0v) is 10.6. The lowest BCUT2D eigenvalue weighted by atomic mass is 10.2. The van der Waals surface area contributed by atoms with Crippen LogP contribution in [0.25, 0.3) is 0 Å². The summed E-state index contributed by atoms with van der Waals surface area (Å²) in [6.45, 7) is 11.9. The first-order chi connectivity index (χ1) is 6.47. The van der Waals surface area contributed by atoms with Gasteiger partial charge in [0.05, 0.1) is 0 Å². The van der Waals surface area contributed by atoms with Crippen molar-refractivity contribution in [2.24, 2.45) is 5.92 Å². The van der Waals surface area contributed by atoms with Gasteiger partial charge in [0.1, 0.15) is 0 Å².